The number of halogens is 1. The maximum Gasteiger partial charge on any atom is 0.257 e. The van der Waals surface area contributed by atoms with E-state index in [9.17, 15) is 13.2 Å². The SMILES string of the molecule is Cn1ccc2c(OCc3cccc(Cl)c3)ncc(C(=O)N3CCS(=O)(=O)CC3)c21. The van der Waals surface area contributed by atoms with E-state index in [2.05, 4.69) is 4.98 Å². The zero-order valence-electron chi connectivity index (χ0n) is 15.8. The van der Waals surface area contributed by atoms with Crippen LogP contribution in [0.4, 0.5) is 0 Å². The molecule has 3 heterocycles. The van der Waals surface area contributed by atoms with E-state index in [1.165, 1.54) is 6.20 Å². The first-order chi connectivity index (χ1) is 13.8. The topological polar surface area (TPSA) is 81.5 Å². The Morgan fingerprint density at radius 3 is 2.72 bits per heavy atom. The predicted molar refractivity (Wildman–Crippen MR) is 111 cm³/mol. The number of amides is 1. The lowest BCUT2D eigenvalue weighted by Crippen LogP contribution is -2.43. The van der Waals surface area contributed by atoms with Crippen molar-refractivity contribution in [1.82, 2.24) is 14.5 Å². The third-order valence-corrected chi connectivity index (χ3v) is 6.84. The van der Waals surface area contributed by atoms with Gasteiger partial charge in [-0.25, -0.2) is 13.4 Å². The summed E-state index contributed by atoms with van der Waals surface area (Å²) >= 11 is 6.02. The van der Waals surface area contributed by atoms with Crippen molar-refractivity contribution in [2.24, 2.45) is 7.05 Å². The van der Waals surface area contributed by atoms with Gasteiger partial charge in [-0.3, -0.25) is 4.79 Å². The van der Waals surface area contributed by atoms with Gasteiger partial charge in [0.05, 0.1) is 28.0 Å². The molecule has 1 amide bonds. The average molecular weight is 434 g/mol. The van der Waals surface area contributed by atoms with Gasteiger partial charge in [0, 0.05) is 37.6 Å². The highest BCUT2D eigenvalue weighted by Crippen LogP contribution is 2.29. The minimum absolute atomic E-state index is 0.0106. The van der Waals surface area contributed by atoms with Crippen molar-refractivity contribution in [2.75, 3.05) is 24.6 Å². The third-order valence-electron chi connectivity index (χ3n) is 5.00. The van der Waals surface area contributed by atoms with Crippen molar-refractivity contribution in [3.05, 3.63) is 58.9 Å². The van der Waals surface area contributed by atoms with Gasteiger partial charge in [-0.2, -0.15) is 0 Å². The molecule has 0 atom stereocenters. The van der Waals surface area contributed by atoms with E-state index in [4.69, 9.17) is 16.3 Å². The largest absolute Gasteiger partial charge is 0.472 e. The van der Waals surface area contributed by atoms with Crippen molar-refractivity contribution < 1.29 is 17.9 Å². The summed E-state index contributed by atoms with van der Waals surface area (Å²) in [7, 11) is -1.21. The van der Waals surface area contributed by atoms with E-state index >= 15 is 0 Å². The quantitative estimate of drug-likeness (QED) is 0.631. The Morgan fingerprint density at radius 2 is 2.00 bits per heavy atom. The molecule has 29 heavy (non-hydrogen) atoms. The van der Waals surface area contributed by atoms with Crippen LogP contribution in [-0.2, 0) is 23.5 Å². The molecular weight excluding hydrogens is 414 g/mol. The number of carbonyl (C=O) groups excluding carboxylic acids is 1. The number of fused-ring (bicyclic) bond motifs is 1. The summed E-state index contributed by atoms with van der Waals surface area (Å²) in [6.45, 7) is 0.690. The van der Waals surface area contributed by atoms with Gasteiger partial charge in [0.15, 0.2) is 9.84 Å². The smallest absolute Gasteiger partial charge is 0.257 e. The van der Waals surface area contributed by atoms with Gasteiger partial charge >= 0.3 is 0 Å². The standard InChI is InChI=1S/C20H20ClN3O4S/c1-23-6-5-16-18(23)17(20(25)24-7-9-29(26,27)10-8-24)12-22-19(16)28-13-14-3-2-4-15(21)11-14/h2-6,11-12H,7-10,13H2,1H3. The highest BCUT2D eigenvalue weighted by atomic mass is 35.5. The van der Waals surface area contributed by atoms with Crippen LogP contribution in [0.5, 0.6) is 5.88 Å². The number of nitrogens with zero attached hydrogens (tertiary/aromatic N) is 3. The highest BCUT2D eigenvalue weighted by Gasteiger charge is 2.28. The van der Waals surface area contributed by atoms with E-state index in [1.54, 1.807) is 11.0 Å². The minimum Gasteiger partial charge on any atom is -0.472 e. The monoisotopic (exact) mass is 433 g/mol. The fourth-order valence-electron chi connectivity index (χ4n) is 3.43. The summed E-state index contributed by atoms with van der Waals surface area (Å²) in [5.74, 6) is 0.186. The number of benzene rings is 1. The lowest BCUT2D eigenvalue weighted by molar-refractivity contribution is 0.0771. The van der Waals surface area contributed by atoms with Crippen molar-refractivity contribution in [3.63, 3.8) is 0 Å². The van der Waals surface area contributed by atoms with Crippen molar-refractivity contribution in [3.8, 4) is 5.88 Å². The van der Waals surface area contributed by atoms with Gasteiger partial charge in [-0.15, -0.1) is 0 Å². The van der Waals surface area contributed by atoms with Crippen LogP contribution in [-0.4, -0.2) is 53.4 Å². The van der Waals surface area contributed by atoms with Crippen molar-refractivity contribution in [1.29, 1.82) is 0 Å². The number of hydrogen-bond acceptors (Lipinski definition) is 5. The first-order valence-electron chi connectivity index (χ1n) is 9.15. The van der Waals surface area contributed by atoms with Gasteiger partial charge in [0.1, 0.15) is 6.61 Å². The van der Waals surface area contributed by atoms with E-state index in [1.807, 2.05) is 42.1 Å². The average Bonchev–Trinajstić information content (AvgIpc) is 3.08. The number of rotatable bonds is 4. The van der Waals surface area contributed by atoms with Gasteiger partial charge in [0.25, 0.3) is 5.91 Å². The molecule has 4 rings (SSSR count). The van der Waals surface area contributed by atoms with Crippen molar-refractivity contribution >= 4 is 38.2 Å². The summed E-state index contributed by atoms with van der Waals surface area (Å²) in [5, 5.41) is 1.36. The molecule has 0 aliphatic carbocycles. The zero-order chi connectivity index (χ0) is 20.6. The second-order valence-corrected chi connectivity index (χ2v) is 9.77. The second-order valence-electron chi connectivity index (χ2n) is 7.03. The number of pyridine rings is 1. The molecule has 1 aliphatic rings. The molecule has 152 valence electrons. The minimum atomic E-state index is -3.06. The van der Waals surface area contributed by atoms with E-state index < -0.39 is 9.84 Å². The third kappa shape index (κ3) is 4.09. The number of hydrogen-bond donors (Lipinski definition) is 0. The first kappa shape index (κ1) is 19.7. The number of ether oxygens (including phenoxy) is 1. The molecule has 0 unspecified atom stereocenters. The maximum atomic E-state index is 13.0. The summed E-state index contributed by atoms with van der Waals surface area (Å²) in [6, 6.07) is 9.24. The lowest BCUT2D eigenvalue weighted by Gasteiger charge is -2.27. The Labute approximate surface area is 173 Å². The number of carbonyl (C=O) groups is 1. The molecule has 7 nitrogen and oxygen atoms in total. The molecule has 9 heteroatoms. The summed E-state index contributed by atoms with van der Waals surface area (Å²) in [6.07, 6.45) is 3.34. The molecule has 1 fully saturated rings. The van der Waals surface area contributed by atoms with Crippen LogP contribution in [0.3, 0.4) is 0 Å². The van der Waals surface area contributed by atoms with Gasteiger partial charge in [0.2, 0.25) is 5.88 Å². The fourth-order valence-corrected chi connectivity index (χ4v) is 4.84. The summed E-state index contributed by atoms with van der Waals surface area (Å²) in [4.78, 5) is 19.0. The van der Waals surface area contributed by atoms with Gasteiger partial charge in [-0.05, 0) is 23.8 Å². The zero-order valence-corrected chi connectivity index (χ0v) is 17.4. The molecule has 0 radical (unpaired) electrons. The number of aromatic nitrogens is 2. The van der Waals surface area contributed by atoms with E-state index in [-0.39, 0.29) is 30.5 Å². The normalized spacial score (nSPS) is 16.1. The second kappa shape index (κ2) is 7.68. The lowest BCUT2D eigenvalue weighted by atomic mass is 10.1. The molecule has 0 spiro atoms. The summed E-state index contributed by atoms with van der Waals surface area (Å²) in [5.41, 5.74) is 2.06. The predicted octanol–water partition coefficient (Wildman–Crippen LogP) is 2.68. The Kier molecular flexibility index (Phi) is 5.23. The Bertz CT molecular complexity index is 1180. The van der Waals surface area contributed by atoms with Crippen LogP contribution in [0.2, 0.25) is 5.02 Å². The van der Waals surface area contributed by atoms with Crippen molar-refractivity contribution in [2.45, 2.75) is 6.61 Å². The summed E-state index contributed by atoms with van der Waals surface area (Å²) < 4.78 is 31.0. The first-order valence-corrected chi connectivity index (χ1v) is 11.3. The van der Waals surface area contributed by atoms with Crippen LogP contribution in [0.15, 0.2) is 42.7 Å². The van der Waals surface area contributed by atoms with Crippen LogP contribution in [0, 0.1) is 0 Å². The molecule has 2 aromatic heterocycles. The van der Waals surface area contributed by atoms with Gasteiger partial charge < -0.3 is 14.2 Å². The molecule has 1 saturated heterocycles. The molecule has 0 saturated carbocycles. The van der Waals surface area contributed by atoms with Crippen LogP contribution >= 0.6 is 11.6 Å². The van der Waals surface area contributed by atoms with E-state index in [0.717, 1.165) is 10.9 Å². The fraction of sp³-hybridized carbons (Fsp3) is 0.300. The van der Waals surface area contributed by atoms with Crippen LogP contribution < -0.4 is 4.74 Å². The van der Waals surface area contributed by atoms with Crippen LogP contribution in [0.25, 0.3) is 10.9 Å². The Hall–Kier alpha value is -2.58. The Balaban J connectivity index is 1.61. The molecule has 3 aromatic rings. The molecule has 1 aliphatic heterocycles. The van der Waals surface area contributed by atoms with E-state index in [0.29, 0.717) is 28.6 Å². The molecule has 1 aromatic carbocycles. The molecule has 0 N–H and O–H groups in total. The molecule has 0 bridgehead atoms. The number of sulfone groups is 1. The number of aryl methyl sites for hydroxylation is 1. The van der Waals surface area contributed by atoms with Crippen LogP contribution in [0.1, 0.15) is 15.9 Å². The van der Waals surface area contributed by atoms with Gasteiger partial charge in [-0.1, -0.05) is 23.7 Å². The maximum absolute atomic E-state index is 13.0. The Morgan fingerprint density at radius 1 is 1.24 bits per heavy atom. The molecular formula is C20H20ClN3O4S. The highest BCUT2D eigenvalue weighted by molar-refractivity contribution is 7.91.